The van der Waals surface area contributed by atoms with Gasteiger partial charge in [0.05, 0.1) is 6.10 Å². The highest BCUT2D eigenvalue weighted by Gasteiger charge is 2.03. The van der Waals surface area contributed by atoms with Crippen molar-refractivity contribution in [3.05, 3.63) is 53.0 Å². The van der Waals surface area contributed by atoms with Gasteiger partial charge in [0, 0.05) is 28.8 Å². The molecule has 0 aliphatic carbocycles. The highest BCUT2D eigenvalue weighted by molar-refractivity contribution is 9.10. The van der Waals surface area contributed by atoms with E-state index in [0.29, 0.717) is 13.0 Å². The van der Waals surface area contributed by atoms with Gasteiger partial charge in [-0.05, 0) is 56.3 Å². The average Bonchev–Trinajstić information content (AvgIpc) is 2.48. The Kier molecular flexibility index (Phi) is 6.47. The van der Waals surface area contributed by atoms with Crippen LogP contribution in [0.1, 0.15) is 20.3 Å². The van der Waals surface area contributed by atoms with Crippen molar-refractivity contribution in [2.75, 3.05) is 17.2 Å². The molecule has 0 atom stereocenters. The van der Waals surface area contributed by atoms with Gasteiger partial charge in [-0.2, -0.15) is 0 Å². The first kappa shape index (κ1) is 17.3. The van der Waals surface area contributed by atoms with Gasteiger partial charge in [0.1, 0.15) is 5.75 Å². The summed E-state index contributed by atoms with van der Waals surface area (Å²) in [5.74, 6) is 0.827. The second-order valence-corrected chi connectivity index (χ2v) is 6.34. The molecule has 2 rings (SSSR count). The second-order valence-electron chi connectivity index (χ2n) is 5.43. The van der Waals surface area contributed by atoms with Gasteiger partial charge in [-0.3, -0.25) is 4.79 Å². The molecule has 0 aliphatic rings. The summed E-state index contributed by atoms with van der Waals surface area (Å²) in [4.78, 5) is 11.9. The molecule has 0 saturated heterocycles. The van der Waals surface area contributed by atoms with Crippen molar-refractivity contribution in [3.8, 4) is 5.75 Å². The maximum Gasteiger partial charge on any atom is 0.226 e. The Morgan fingerprint density at radius 2 is 1.87 bits per heavy atom. The second kappa shape index (κ2) is 8.58. The molecule has 2 N–H and O–H groups in total. The first-order valence-corrected chi connectivity index (χ1v) is 8.38. The van der Waals surface area contributed by atoms with Gasteiger partial charge in [-0.1, -0.05) is 22.0 Å². The van der Waals surface area contributed by atoms with E-state index in [1.807, 2.05) is 62.4 Å². The first-order valence-electron chi connectivity index (χ1n) is 7.59. The normalized spacial score (nSPS) is 10.4. The number of carbonyl (C=O) groups is 1. The molecule has 0 aromatic heterocycles. The SMILES string of the molecule is CC(C)Oc1ccc(NCCC(=O)Nc2cccc(Br)c2)cc1. The molecule has 1 amide bonds. The maximum atomic E-state index is 11.9. The van der Waals surface area contributed by atoms with Crippen molar-refractivity contribution in [3.63, 3.8) is 0 Å². The van der Waals surface area contributed by atoms with Gasteiger partial charge in [-0.15, -0.1) is 0 Å². The van der Waals surface area contributed by atoms with Gasteiger partial charge in [0.25, 0.3) is 0 Å². The van der Waals surface area contributed by atoms with E-state index in [9.17, 15) is 4.79 Å². The molecule has 23 heavy (non-hydrogen) atoms. The molecule has 5 heteroatoms. The third kappa shape index (κ3) is 6.32. The Hall–Kier alpha value is -2.01. The van der Waals surface area contributed by atoms with Crippen LogP contribution < -0.4 is 15.4 Å². The minimum absolute atomic E-state index is 0.0182. The molecule has 2 aromatic carbocycles. The quantitative estimate of drug-likeness (QED) is 0.737. The molecule has 2 aromatic rings. The smallest absolute Gasteiger partial charge is 0.226 e. The summed E-state index contributed by atoms with van der Waals surface area (Å²) in [7, 11) is 0. The highest BCUT2D eigenvalue weighted by Crippen LogP contribution is 2.17. The van der Waals surface area contributed by atoms with Gasteiger partial charge in [0.15, 0.2) is 0 Å². The maximum absolute atomic E-state index is 11.9. The van der Waals surface area contributed by atoms with Crippen LogP contribution in [0.15, 0.2) is 53.0 Å². The van der Waals surface area contributed by atoms with Crippen molar-refractivity contribution in [1.29, 1.82) is 0 Å². The number of hydrogen-bond donors (Lipinski definition) is 2. The van der Waals surface area contributed by atoms with Crippen LogP contribution in [0.2, 0.25) is 0 Å². The van der Waals surface area contributed by atoms with E-state index >= 15 is 0 Å². The van der Waals surface area contributed by atoms with Gasteiger partial charge >= 0.3 is 0 Å². The lowest BCUT2D eigenvalue weighted by molar-refractivity contribution is -0.115. The van der Waals surface area contributed by atoms with Crippen LogP contribution in [0, 0.1) is 0 Å². The van der Waals surface area contributed by atoms with Crippen LogP contribution in [-0.4, -0.2) is 18.6 Å². The zero-order chi connectivity index (χ0) is 16.7. The zero-order valence-electron chi connectivity index (χ0n) is 13.3. The summed E-state index contributed by atoms with van der Waals surface area (Å²) < 4.78 is 6.53. The van der Waals surface area contributed by atoms with Crippen LogP contribution in [0.5, 0.6) is 5.75 Å². The van der Waals surface area contributed by atoms with Crippen molar-refractivity contribution < 1.29 is 9.53 Å². The highest BCUT2D eigenvalue weighted by atomic mass is 79.9. The van der Waals surface area contributed by atoms with E-state index in [1.54, 1.807) is 0 Å². The summed E-state index contributed by atoms with van der Waals surface area (Å²) in [5.41, 5.74) is 1.76. The first-order chi connectivity index (χ1) is 11.0. The topological polar surface area (TPSA) is 50.4 Å². The Bertz CT molecular complexity index is 642. The third-order valence-corrected chi connectivity index (χ3v) is 3.51. The zero-order valence-corrected chi connectivity index (χ0v) is 14.9. The predicted molar refractivity (Wildman–Crippen MR) is 98.1 cm³/mol. The molecule has 122 valence electrons. The number of benzene rings is 2. The molecular formula is C18H21BrN2O2. The summed E-state index contributed by atoms with van der Waals surface area (Å²) in [5, 5.41) is 6.10. The number of carbonyl (C=O) groups excluding carboxylic acids is 1. The van der Waals surface area contributed by atoms with E-state index in [4.69, 9.17) is 4.74 Å². The van der Waals surface area contributed by atoms with Gasteiger partial charge in [-0.25, -0.2) is 0 Å². The minimum Gasteiger partial charge on any atom is -0.491 e. The lowest BCUT2D eigenvalue weighted by Crippen LogP contribution is -2.16. The Labute approximate surface area is 145 Å². The number of rotatable bonds is 7. The van der Waals surface area contributed by atoms with E-state index in [2.05, 4.69) is 26.6 Å². The lowest BCUT2D eigenvalue weighted by atomic mass is 10.2. The molecular weight excluding hydrogens is 356 g/mol. The number of hydrogen-bond acceptors (Lipinski definition) is 3. The monoisotopic (exact) mass is 376 g/mol. The van der Waals surface area contributed by atoms with E-state index in [0.717, 1.165) is 21.6 Å². The number of nitrogens with one attached hydrogen (secondary N) is 2. The predicted octanol–water partition coefficient (Wildman–Crippen LogP) is 4.68. The largest absolute Gasteiger partial charge is 0.491 e. The molecule has 0 fully saturated rings. The number of amides is 1. The standard InChI is InChI=1S/C18H21BrN2O2/c1-13(2)23-17-8-6-15(7-9-17)20-11-10-18(22)21-16-5-3-4-14(19)12-16/h3-9,12-13,20H,10-11H2,1-2H3,(H,21,22). The van der Waals surface area contributed by atoms with Crippen LogP contribution in [-0.2, 0) is 4.79 Å². The van der Waals surface area contributed by atoms with E-state index in [1.165, 1.54) is 0 Å². The minimum atomic E-state index is -0.0182. The van der Waals surface area contributed by atoms with Gasteiger partial charge < -0.3 is 15.4 Å². The number of halogens is 1. The molecule has 0 heterocycles. The van der Waals surface area contributed by atoms with Crippen molar-refractivity contribution >= 4 is 33.2 Å². The molecule has 0 aliphatic heterocycles. The summed E-state index contributed by atoms with van der Waals surface area (Å²) in [6, 6.07) is 15.3. The van der Waals surface area contributed by atoms with Gasteiger partial charge in [0.2, 0.25) is 5.91 Å². The third-order valence-electron chi connectivity index (χ3n) is 3.02. The summed E-state index contributed by atoms with van der Waals surface area (Å²) >= 11 is 3.38. The summed E-state index contributed by atoms with van der Waals surface area (Å²) in [6.45, 7) is 4.57. The molecule has 0 bridgehead atoms. The Morgan fingerprint density at radius 1 is 1.13 bits per heavy atom. The Morgan fingerprint density at radius 3 is 2.52 bits per heavy atom. The van der Waals surface area contributed by atoms with Crippen LogP contribution in [0.4, 0.5) is 11.4 Å². The van der Waals surface area contributed by atoms with Crippen molar-refractivity contribution in [2.24, 2.45) is 0 Å². The summed E-state index contributed by atoms with van der Waals surface area (Å²) in [6.07, 6.45) is 0.562. The van der Waals surface area contributed by atoms with Crippen molar-refractivity contribution in [1.82, 2.24) is 0 Å². The number of ether oxygens (including phenoxy) is 1. The average molecular weight is 377 g/mol. The van der Waals surface area contributed by atoms with Crippen LogP contribution in [0.3, 0.4) is 0 Å². The number of anilines is 2. The molecule has 0 spiro atoms. The van der Waals surface area contributed by atoms with E-state index in [-0.39, 0.29) is 12.0 Å². The van der Waals surface area contributed by atoms with E-state index < -0.39 is 0 Å². The van der Waals surface area contributed by atoms with Crippen LogP contribution >= 0.6 is 15.9 Å². The molecule has 0 saturated carbocycles. The fraction of sp³-hybridized carbons (Fsp3) is 0.278. The fourth-order valence-electron chi connectivity index (χ4n) is 2.03. The lowest BCUT2D eigenvalue weighted by Gasteiger charge is -2.11. The van der Waals surface area contributed by atoms with Crippen molar-refractivity contribution in [2.45, 2.75) is 26.4 Å². The molecule has 0 unspecified atom stereocenters. The Balaban J connectivity index is 1.75. The van der Waals surface area contributed by atoms with Crippen LogP contribution in [0.25, 0.3) is 0 Å². The fourth-order valence-corrected chi connectivity index (χ4v) is 2.43. The molecule has 0 radical (unpaired) electrons. The molecule has 4 nitrogen and oxygen atoms in total.